The van der Waals surface area contributed by atoms with E-state index in [0.29, 0.717) is 17.1 Å². The summed E-state index contributed by atoms with van der Waals surface area (Å²) >= 11 is 0. The molecule has 3 aromatic heterocycles. The quantitative estimate of drug-likeness (QED) is 0.135. The number of benzene rings is 6. The van der Waals surface area contributed by atoms with Crippen molar-refractivity contribution in [1.82, 2.24) is 14.5 Å². The minimum atomic E-state index is -0.227. The van der Waals surface area contributed by atoms with Gasteiger partial charge in [0.25, 0.3) is 0 Å². The summed E-state index contributed by atoms with van der Waals surface area (Å²) < 4.78 is 24.3. The van der Waals surface area contributed by atoms with Gasteiger partial charge in [0.05, 0.1) is 0 Å². The molecule has 0 radical (unpaired) electrons. The van der Waals surface area contributed by atoms with E-state index in [0.717, 1.165) is 89.3 Å². The summed E-state index contributed by atoms with van der Waals surface area (Å²) in [6.07, 6.45) is 5.62. The number of hydrogen-bond donors (Lipinski definition) is 0. The summed E-state index contributed by atoms with van der Waals surface area (Å²) in [6, 6.07) is 49.7. The number of fused-ring (bicyclic) bond motifs is 4. The summed E-state index contributed by atoms with van der Waals surface area (Å²) in [5, 5.41) is 2.18. The Morgan fingerprint density at radius 3 is 2.02 bits per heavy atom. The van der Waals surface area contributed by atoms with Gasteiger partial charge in [0.1, 0.15) is 11.6 Å². The largest absolute Gasteiger partial charge is 0.509 e. The second kappa shape index (κ2) is 17.0. The topological polar surface area (TPSA) is 46.4 Å². The van der Waals surface area contributed by atoms with E-state index >= 15 is 4.39 Å². The van der Waals surface area contributed by atoms with E-state index in [-0.39, 0.29) is 38.7 Å². The van der Waals surface area contributed by atoms with Crippen LogP contribution >= 0.6 is 0 Å². The summed E-state index contributed by atoms with van der Waals surface area (Å²) in [7, 11) is 0. The van der Waals surface area contributed by atoms with E-state index in [2.05, 4.69) is 152 Å². The van der Waals surface area contributed by atoms with Crippen molar-refractivity contribution in [1.29, 1.82) is 0 Å². The first-order valence-electron chi connectivity index (χ1n) is 21.1. The number of aromatic nitrogens is 3. The Hall–Kier alpha value is -6.56. The molecule has 1 aliphatic rings. The van der Waals surface area contributed by atoms with Crippen LogP contribution in [0.2, 0.25) is 0 Å². The maximum atomic E-state index is 15.3. The smallest absolute Gasteiger partial charge is 0.135 e. The molecule has 0 fully saturated rings. The standard InChI is InChI=1S/C55H45FN5O.Pt/c1-34(2)46-27-38(43-15-7-9-17-48(43)56)28-47(35(3)4)55(46)60-33-59(50-19-11-12-20-51(50)60)40-25-39(54-36(5)31-57-32-37(54)6)26-42(29-40)62-41-22-23-45-44-16-8-10-18-49(44)61(52(45)30-41)53-21-13-14-24-58-53;/h7-28,31-35H,1-6H3;/q-3;. The molecule has 0 amide bonds. The van der Waals surface area contributed by atoms with Crippen molar-refractivity contribution >= 4 is 44.6 Å². The maximum Gasteiger partial charge on any atom is 0.135 e. The minimum Gasteiger partial charge on any atom is -0.509 e. The van der Waals surface area contributed by atoms with Gasteiger partial charge in [0, 0.05) is 79.3 Å². The molecule has 0 saturated carbocycles. The Morgan fingerprint density at radius 2 is 1.32 bits per heavy atom. The predicted octanol–water partition coefficient (Wildman–Crippen LogP) is 14.7. The van der Waals surface area contributed by atoms with Gasteiger partial charge < -0.3 is 19.1 Å². The van der Waals surface area contributed by atoms with Crippen LogP contribution < -0.4 is 14.5 Å². The molecule has 6 aromatic carbocycles. The Labute approximate surface area is 382 Å². The molecule has 0 bridgehead atoms. The zero-order valence-electron chi connectivity index (χ0n) is 35.9. The molecule has 1 aliphatic heterocycles. The van der Waals surface area contributed by atoms with Crippen molar-refractivity contribution in [2.75, 3.05) is 9.80 Å². The Balaban J connectivity index is 0.00000504. The molecular weight excluding hydrogens is 961 g/mol. The Bertz CT molecular complexity index is 3110. The van der Waals surface area contributed by atoms with Gasteiger partial charge in [-0.05, 0) is 113 Å². The van der Waals surface area contributed by atoms with Crippen molar-refractivity contribution < 1.29 is 30.2 Å². The molecule has 0 aliphatic carbocycles. The zero-order chi connectivity index (χ0) is 42.6. The van der Waals surface area contributed by atoms with E-state index in [1.54, 1.807) is 6.07 Å². The van der Waals surface area contributed by atoms with Crippen LogP contribution in [0.1, 0.15) is 61.8 Å². The van der Waals surface area contributed by atoms with Crippen LogP contribution in [0.5, 0.6) is 11.5 Å². The van der Waals surface area contributed by atoms with Crippen molar-refractivity contribution in [3.8, 4) is 39.6 Å². The number of para-hydroxylation sites is 3. The molecular formula is C55H45FN5OPt-3. The molecule has 0 unspecified atom stereocenters. The van der Waals surface area contributed by atoms with E-state index < -0.39 is 0 Å². The monoisotopic (exact) mass is 1010 g/mol. The van der Waals surface area contributed by atoms with E-state index in [4.69, 9.17) is 9.72 Å². The number of pyridine rings is 2. The molecule has 4 heterocycles. The number of nitrogens with zero attached hydrogens (tertiary/aromatic N) is 5. The summed E-state index contributed by atoms with van der Waals surface area (Å²) in [6.45, 7) is 15.2. The number of hydrogen-bond acceptors (Lipinski definition) is 5. The van der Waals surface area contributed by atoms with Crippen molar-refractivity contribution in [2.45, 2.75) is 53.4 Å². The first-order chi connectivity index (χ1) is 30.1. The maximum absolute atomic E-state index is 15.3. The fourth-order valence-electron chi connectivity index (χ4n) is 8.96. The third kappa shape index (κ3) is 7.48. The van der Waals surface area contributed by atoms with Crippen molar-refractivity contribution in [2.24, 2.45) is 0 Å². The predicted molar refractivity (Wildman–Crippen MR) is 251 cm³/mol. The molecule has 6 nitrogen and oxygen atoms in total. The van der Waals surface area contributed by atoms with Gasteiger partial charge in [-0.1, -0.05) is 87.8 Å². The van der Waals surface area contributed by atoms with Gasteiger partial charge in [0.2, 0.25) is 0 Å². The van der Waals surface area contributed by atoms with Crippen LogP contribution in [0.25, 0.3) is 49.9 Å². The van der Waals surface area contributed by atoms with E-state index in [1.165, 1.54) is 6.07 Å². The number of aryl methyl sites for hydroxylation is 2. The second-order valence-electron chi connectivity index (χ2n) is 16.6. The van der Waals surface area contributed by atoms with Crippen LogP contribution in [-0.4, -0.2) is 14.5 Å². The number of anilines is 4. The molecule has 9 aromatic rings. The minimum absolute atomic E-state index is 0. The van der Waals surface area contributed by atoms with Crippen LogP contribution in [0.4, 0.5) is 27.1 Å². The van der Waals surface area contributed by atoms with Gasteiger partial charge in [-0.25, -0.2) is 9.37 Å². The van der Waals surface area contributed by atoms with Gasteiger partial charge in [-0.3, -0.25) is 4.98 Å². The second-order valence-corrected chi connectivity index (χ2v) is 16.6. The van der Waals surface area contributed by atoms with Gasteiger partial charge in [-0.2, -0.15) is 6.07 Å². The third-order valence-corrected chi connectivity index (χ3v) is 11.8. The van der Waals surface area contributed by atoms with Crippen molar-refractivity contribution in [3.05, 3.63) is 193 Å². The summed E-state index contributed by atoms with van der Waals surface area (Å²) in [5.74, 6) is 2.00. The molecule has 0 atom stereocenters. The van der Waals surface area contributed by atoms with Crippen LogP contribution in [-0.2, 0) is 21.1 Å². The van der Waals surface area contributed by atoms with Crippen molar-refractivity contribution in [3.63, 3.8) is 0 Å². The summed E-state index contributed by atoms with van der Waals surface area (Å²) in [4.78, 5) is 13.7. The van der Waals surface area contributed by atoms with Crippen LogP contribution in [0.3, 0.4) is 0 Å². The molecule has 0 spiro atoms. The number of rotatable bonds is 9. The van der Waals surface area contributed by atoms with Gasteiger partial charge in [0.15, 0.2) is 0 Å². The first-order valence-corrected chi connectivity index (χ1v) is 21.1. The molecule has 0 saturated heterocycles. The van der Waals surface area contributed by atoms with Gasteiger partial charge in [-0.15, -0.1) is 53.6 Å². The Kier molecular flexibility index (Phi) is 11.2. The van der Waals surface area contributed by atoms with Crippen LogP contribution in [0.15, 0.2) is 146 Å². The average molecular weight is 1010 g/mol. The normalized spacial score (nSPS) is 12.4. The van der Waals surface area contributed by atoms with E-state index in [1.807, 2.05) is 61.1 Å². The SMILES string of the molecule is Cc1cncc(C)c1-c1cc(Oc2[c-]c3c(cc2)c2ccccc2n3-c2ccccn2)[c-]c(N2[CH-]N(c3c(C(C)C)cc(-c4ccccc4F)cc3C(C)C)c3ccccc32)c1.[Pt]. The molecule has 10 rings (SSSR count). The summed E-state index contributed by atoms with van der Waals surface area (Å²) in [5.41, 5.74) is 13.8. The average Bonchev–Trinajstić information content (AvgIpc) is 3.82. The Morgan fingerprint density at radius 1 is 0.651 bits per heavy atom. The van der Waals surface area contributed by atoms with E-state index in [9.17, 15) is 0 Å². The number of ether oxygens (including phenoxy) is 1. The van der Waals surface area contributed by atoms with Crippen LogP contribution in [0, 0.1) is 38.5 Å². The third-order valence-electron chi connectivity index (χ3n) is 11.8. The fourth-order valence-corrected chi connectivity index (χ4v) is 8.96. The number of halogens is 1. The molecule has 8 heteroatoms. The molecule has 63 heavy (non-hydrogen) atoms. The molecule has 0 N–H and O–H groups in total. The fraction of sp³-hybridized carbons (Fsp3) is 0.145. The molecule has 316 valence electrons. The zero-order valence-corrected chi connectivity index (χ0v) is 38.2. The first kappa shape index (κ1) is 41.8. The van der Waals surface area contributed by atoms with Gasteiger partial charge >= 0.3 is 0 Å².